The molecule has 0 radical (unpaired) electrons. The second-order valence-electron chi connectivity index (χ2n) is 13.1. The monoisotopic (exact) mass is 753 g/mol. The summed E-state index contributed by atoms with van der Waals surface area (Å²) < 4.78 is 5.37. The summed E-state index contributed by atoms with van der Waals surface area (Å²) >= 11 is 24.9. The van der Waals surface area contributed by atoms with Crippen molar-refractivity contribution in [2.24, 2.45) is 11.1 Å². The molecule has 3 aliphatic rings. The number of hydrogen-bond acceptors (Lipinski definition) is 7. The van der Waals surface area contributed by atoms with E-state index in [2.05, 4.69) is 10.1 Å². The van der Waals surface area contributed by atoms with Crippen molar-refractivity contribution in [1.82, 2.24) is 19.6 Å². The van der Waals surface area contributed by atoms with Crippen LogP contribution in [0.4, 0.5) is 0 Å². The van der Waals surface area contributed by atoms with Gasteiger partial charge in [0.15, 0.2) is 0 Å². The third-order valence-electron chi connectivity index (χ3n) is 9.83. The highest BCUT2D eigenvalue weighted by molar-refractivity contribution is 6.42. The molecule has 0 spiro atoms. The van der Waals surface area contributed by atoms with Gasteiger partial charge in [0.25, 0.3) is 5.91 Å². The normalized spacial score (nSPS) is 20.4. The molecule has 49 heavy (non-hydrogen) atoms. The first-order chi connectivity index (χ1) is 23.5. The highest BCUT2D eigenvalue weighted by atomic mass is 35.5. The number of piperidine rings is 2. The molecule has 3 heterocycles. The molecule has 1 N–H and O–H groups in total. The fraction of sp³-hybridized carbons (Fsp3) is 0.543. The summed E-state index contributed by atoms with van der Waals surface area (Å²) in [5, 5.41) is 15.4. The minimum atomic E-state index is -0.357. The zero-order valence-corrected chi connectivity index (χ0v) is 30.7. The first kappa shape index (κ1) is 37.7. The second kappa shape index (κ2) is 17.6. The molecule has 3 amide bonds. The summed E-state index contributed by atoms with van der Waals surface area (Å²) in [6, 6.07) is 10.1. The van der Waals surface area contributed by atoms with Gasteiger partial charge in [-0.15, -0.1) is 0 Å². The van der Waals surface area contributed by atoms with Crippen LogP contribution in [0.3, 0.4) is 0 Å². The molecule has 3 fully saturated rings. The number of rotatable bonds is 11. The van der Waals surface area contributed by atoms with Crippen LogP contribution in [0.2, 0.25) is 20.1 Å². The molecule has 5 rings (SSSR count). The molecule has 10 nitrogen and oxygen atoms in total. The van der Waals surface area contributed by atoms with Crippen molar-refractivity contribution in [2.75, 3.05) is 66.1 Å². The van der Waals surface area contributed by atoms with E-state index < -0.39 is 0 Å². The minimum absolute atomic E-state index is 0.0463. The number of carbonyl (C=O) groups is 3. The number of amides is 3. The molecule has 14 heteroatoms. The highest BCUT2D eigenvalue weighted by Gasteiger charge is 2.37. The van der Waals surface area contributed by atoms with Gasteiger partial charge in [-0.3, -0.25) is 14.4 Å². The van der Waals surface area contributed by atoms with Crippen LogP contribution in [0.5, 0.6) is 0 Å². The number of ether oxygens (including phenoxy) is 1. The molecule has 0 saturated carbocycles. The fourth-order valence-corrected chi connectivity index (χ4v) is 7.96. The Bertz CT molecular complexity index is 1510. The van der Waals surface area contributed by atoms with Crippen molar-refractivity contribution >= 4 is 69.8 Å². The van der Waals surface area contributed by atoms with Crippen LogP contribution < -0.4 is 0 Å². The number of likely N-dealkylation sites (tertiary alicyclic amines) is 2. The Morgan fingerprint density at radius 3 is 2.31 bits per heavy atom. The average molecular weight is 756 g/mol. The Morgan fingerprint density at radius 2 is 1.65 bits per heavy atom. The van der Waals surface area contributed by atoms with Gasteiger partial charge < -0.3 is 29.5 Å². The van der Waals surface area contributed by atoms with Crippen LogP contribution in [-0.4, -0.2) is 120 Å². The van der Waals surface area contributed by atoms with Crippen molar-refractivity contribution in [3.05, 3.63) is 67.6 Å². The van der Waals surface area contributed by atoms with Crippen LogP contribution in [0.1, 0.15) is 60.4 Å². The fourth-order valence-electron chi connectivity index (χ4n) is 7.13. The first-order valence-corrected chi connectivity index (χ1v) is 18.3. The predicted molar refractivity (Wildman–Crippen MR) is 192 cm³/mol. The van der Waals surface area contributed by atoms with E-state index in [9.17, 15) is 19.6 Å². The van der Waals surface area contributed by atoms with Gasteiger partial charge in [0.05, 0.1) is 35.5 Å². The van der Waals surface area contributed by atoms with Gasteiger partial charge in [-0.05, 0) is 74.5 Å². The van der Waals surface area contributed by atoms with Gasteiger partial charge in [0.2, 0.25) is 11.8 Å². The summed E-state index contributed by atoms with van der Waals surface area (Å²) in [5.41, 5.74) is 1.54. The summed E-state index contributed by atoms with van der Waals surface area (Å²) in [7, 11) is 1.63. The van der Waals surface area contributed by atoms with E-state index in [-0.39, 0.29) is 48.6 Å². The SMILES string of the molecule is CN(C/C(=N\O)C(CCN1CCC(N2CCCC(CC(=O)N3CCOCC3)C2=O)CC1)c1ccc(Cl)c(Cl)c1)C(=O)c1cc(Cl)cc(Cl)c1. The maximum atomic E-state index is 13.5. The number of carbonyl (C=O) groups excluding carboxylic acids is 3. The number of benzene rings is 2. The van der Waals surface area contributed by atoms with E-state index in [0.29, 0.717) is 70.6 Å². The Kier molecular flexibility index (Phi) is 13.5. The van der Waals surface area contributed by atoms with Gasteiger partial charge in [-0.2, -0.15) is 0 Å². The molecule has 0 aromatic heterocycles. The molecule has 2 unspecified atom stereocenters. The maximum Gasteiger partial charge on any atom is 0.254 e. The quantitative estimate of drug-likeness (QED) is 0.163. The van der Waals surface area contributed by atoms with E-state index in [0.717, 1.165) is 50.9 Å². The Labute approximate surface area is 307 Å². The first-order valence-electron chi connectivity index (χ1n) is 16.8. The summed E-state index contributed by atoms with van der Waals surface area (Å²) in [6.45, 7) is 5.37. The average Bonchev–Trinajstić information content (AvgIpc) is 3.10. The van der Waals surface area contributed by atoms with Crippen molar-refractivity contribution < 1.29 is 24.3 Å². The lowest BCUT2D eigenvalue weighted by Crippen LogP contribution is -2.52. The van der Waals surface area contributed by atoms with Crippen LogP contribution in [-0.2, 0) is 14.3 Å². The Balaban J connectivity index is 1.20. The molecule has 2 aromatic rings. The molecule has 266 valence electrons. The van der Waals surface area contributed by atoms with Gasteiger partial charge in [0, 0.05) is 79.7 Å². The third kappa shape index (κ3) is 9.80. The molecule has 0 aliphatic carbocycles. The van der Waals surface area contributed by atoms with E-state index >= 15 is 0 Å². The van der Waals surface area contributed by atoms with Crippen LogP contribution >= 0.6 is 46.4 Å². The summed E-state index contributed by atoms with van der Waals surface area (Å²) in [6.07, 6.45) is 4.21. The molecular formula is C35H43Cl4N5O5. The molecular weight excluding hydrogens is 712 g/mol. The lowest BCUT2D eigenvalue weighted by molar-refractivity contribution is -0.147. The minimum Gasteiger partial charge on any atom is -0.411 e. The Hall–Kier alpha value is -2.60. The summed E-state index contributed by atoms with van der Waals surface area (Å²) in [5.74, 6) is -0.783. The lowest BCUT2D eigenvalue weighted by atomic mass is 9.89. The summed E-state index contributed by atoms with van der Waals surface area (Å²) in [4.78, 5) is 47.3. The van der Waals surface area contributed by atoms with E-state index in [4.69, 9.17) is 51.1 Å². The van der Waals surface area contributed by atoms with Crippen LogP contribution in [0.25, 0.3) is 0 Å². The van der Waals surface area contributed by atoms with Gasteiger partial charge >= 0.3 is 0 Å². The van der Waals surface area contributed by atoms with Crippen molar-refractivity contribution in [3.63, 3.8) is 0 Å². The zero-order chi connectivity index (χ0) is 35.1. The maximum absolute atomic E-state index is 13.5. The van der Waals surface area contributed by atoms with Crippen molar-refractivity contribution in [1.29, 1.82) is 0 Å². The van der Waals surface area contributed by atoms with Crippen LogP contribution in [0, 0.1) is 5.92 Å². The number of morpholine rings is 1. The standard InChI is InChI=1S/C35H43Cl4N5O5/c1-41(34(46)25-17-26(36)21-27(37)18-25)22-32(40-48)29(23-4-5-30(38)31(39)19-23)8-12-42-10-6-28(7-11-42)44-9-2-3-24(35(44)47)20-33(45)43-13-15-49-16-14-43/h4-5,17-19,21,24,28-29,48H,2-3,6-16,20,22H2,1H3/b40-32+. The highest BCUT2D eigenvalue weighted by Crippen LogP contribution is 2.32. The van der Waals surface area contributed by atoms with E-state index in [1.54, 1.807) is 37.4 Å². The number of oxime groups is 1. The van der Waals surface area contributed by atoms with Crippen LogP contribution in [0.15, 0.2) is 41.6 Å². The molecule has 3 aliphatic heterocycles. The predicted octanol–water partition coefficient (Wildman–Crippen LogP) is 6.33. The second-order valence-corrected chi connectivity index (χ2v) is 14.8. The van der Waals surface area contributed by atoms with Crippen molar-refractivity contribution in [2.45, 2.75) is 50.5 Å². The third-order valence-corrected chi connectivity index (χ3v) is 11.0. The van der Waals surface area contributed by atoms with Gasteiger partial charge in [-0.25, -0.2) is 0 Å². The molecule has 3 saturated heterocycles. The van der Waals surface area contributed by atoms with E-state index in [1.807, 2.05) is 15.9 Å². The molecule has 0 bridgehead atoms. The largest absolute Gasteiger partial charge is 0.411 e. The number of hydrogen-bond donors (Lipinski definition) is 1. The van der Waals surface area contributed by atoms with Gasteiger partial charge in [0.1, 0.15) is 0 Å². The number of halogens is 4. The van der Waals surface area contributed by atoms with Crippen molar-refractivity contribution in [3.8, 4) is 0 Å². The topological polar surface area (TPSA) is 106 Å². The Morgan fingerprint density at radius 1 is 0.959 bits per heavy atom. The molecule has 2 aromatic carbocycles. The molecule has 2 atom stereocenters. The lowest BCUT2D eigenvalue weighted by Gasteiger charge is -2.42. The van der Waals surface area contributed by atoms with E-state index in [1.165, 1.54) is 4.90 Å². The number of nitrogens with zero attached hydrogens (tertiary/aromatic N) is 5. The zero-order valence-electron chi connectivity index (χ0n) is 27.6. The van der Waals surface area contributed by atoms with Gasteiger partial charge in [-0.1, -0.05) is 57.6 Å². The smallest absolute Gasteiger partial charge is 0.254 e.